The first-order valence-corrected chi connectivity index (χ1v) is 6.74. The zero-order valence-corrected chi connectivity index (χ0v) is 12.0. The summed E-state index contributed by atoms with van der Waals surface area (Å²) in [5.74, 6) is 1.06. The number of nitrogens with one attached hydrogen (secondary N) is 1. The lowest BCUT2D eigenvalue weighted by atomic mass is 10.1. The molecule has 5 nitrogen and oxygen atoms in total. The van der Waals surface area contributed by atoms with Crippen LogP contribution in [-0.4, -0.2) is 26.8 Å². The first-order valence-electron chi connectivity index (χ1n) is 6.74. The van der Waals surface area contributed by atoms with Gasteiger partial charge in [0.05, 0.1) is 6.20 Å². The molecule has 0 radical (unpaired) electrons. The van der Waals surface area contributed by atoms with Gasteiger partial charge in [-0.25, -0.2) is 14.1 Å². The first-order chi connectivity index (χ1) is 9.60. The quantitative estimate of drug-likeness (QED) is 0.877. The maximum absolute atomic E-state index is 13.3. The first kappa shape index (κ1) is 14.6. The number of aromatic nitrogens is 4. The second kappa shape index (κ2) is 6.56. The molecular weight excluding hydrogens is 257 g/mol. The third-order valence-electron chi connectivity index (χ3n) is 3.10. The van der Waals surface area contributed by atoms with Gasteiger partial charge in [0.15, 0.2) is 0 Å². The van der Waals surface area contributed by atoms with Gasteiger partial charge in [-0.1, -0.05) is 13.8 Å². The molecule has 0 aromatic carbocycles. The fourth-order valence-corrected chi connectivity index (χ4v) is 2.13. The Balaban J connectivity index is 2.16. The molecule has 1 unspecified atom stereocenters. The number of hydrogen-bond acceptors (Lipinski definition) is 4. The molecule has 0 fully saturated rings. The summed E-state index contributed by atoms with van der Waals surface area (Å²) in [5.41, 5.74) is 0.812. The Morgan fingerprint density at radius 3 is 2.80 bits per heavy atom. The van der Waals surface area contributed by atoms with Crippen LogP contribution in [-0.2, 0) is 13.0 Å². The number of pyridine rings is 1. The molecule has 2 rings (SSSR count). The Hall–Kier alpha value is -1.82. The van der Waals surface area contributed by atoms with E-state index in [-0.39, 0.29) is 11.9 Å². The summed E-state index contributed by atoms with van der Waals surface area (Å²) in [6, 6.07) is 1.46. The number of halogens is 1. The largest absolute Gasteiger partial charge is 0.313 e. The normalized spacial score (nSPS) is 12.8. The van der Waals surface area contributed by atoms with Crippen LogP contribution in [0.25, 0.3) is 0 Å². The summed E-state index contributed by atoms with van der Waals surface area (Å²) in [5, 5.41) is 7.42. The minimum absolute atomic E-state index is 0.0340. The Labute approximate surface area is 118 Å². The Morgan fingerprint density at radius 2 is 2.15 bits per heavy atom. The van der Waals surface area contributed by atoms with E-state index in [1.165, 1.54) is 12.3 Å². The highest BCUT2D eigenvalue weighted by molar-refractivity contribution is 5.16. The van der Waals surface area contributed by atoms with Crippen molar-refractivity contribution in [3.05, 3.63) is 42.0 Å². The Kier molecular flexibility index (Phi) is 4.79. The molecule has 2 aromatic rings. The number of hydrogen-bond donors (Lipinski definition) is 1. The zero-order valence-electron chi connectivity index (χ0n) is 12.0. The van der Waals surface area contributed by atoms with Crippen LogP contribution in [0.5, 0.6) is 0 Å². The van der Waals surface area contributed by atoms with Crippen molar-refractivity contribution in [1.82, 2.24) is 25.1 Å². The molecule has 6 heteroatoms. The van der Waals surface area contributed by atoms with Gasteiger partial charge in [0.1, 0.15) is 18.0 Å². The molecule has 1 atom stereocenters. The second-order valence-electron chi connectivity index (χ2n) is 5.23. The molecule has 108 valence electrons. The van der Waals surface area contributed by atoms with E-state index in [1.807, 2.05) is 11.7 Å². The standard InChI is InChI=1S/C14H20FN5/c1-10(2)8-20-14(18-9-19-20)5-13(16-3)11-4-12(15)7-17-6-11/h4,6-7,9-10,13,16H,5,8H2,1-3H3. The van der Waals surface area contributed by atoms with E-state index in [4.69, 9.17) is 0 Å². The maximum Gasteiger partial charge on any atom is 0.141 e. The highest BCUT2D eigenvalue weighted by Gasteiger charge is 2.15. The van der Waals surface area contributed by atoms with E-state index < -0.39 is 0 Å². The van der Waals surface area contributed by atoms with Crippen molar-refractivity contribution in [2.45, 2.75) is 32.9 Å². The van der Waals surface area contributed by atoms with Gasteiger partial charge in [-0.15, -0.1) is 0 Å². The Morgan fingerprint density at radius 1 is 1.35 bits per heavy atom. The van der Waals surface area contributed by atoms with E-state index >= 15 is 0 Å². The van der Waals surface area contributed by atoms with Crippen molar-refractivity contribution >= 4 is 0 Å². The van der Waals surface area contributed by atoms with E-state index in [9.17, 15) is 4.39 Å². The van der Waals surface area contributed by atoms with Crippen LogP contribution in [0.15, 0.2) is 24.8 Å². The molecule has 0 saturated heterocycles. The van der Waals surface area contributed by atoms with Crippen LogP contribution < -0.4 is 5.32 Å². The fraction of sp³-hybridized carbons (Fsp3) is 0.500. The molecule has 2 aromatic heterocycles. The van der Waals surface area contributed by atoms with Gasteiger partial charge in [0.2, 0.25) is 0 Å². The van der Waals surface area contributed by atoms with Crippen molar-refractivity contribution in [3.8, 4) is 0 Å². The lowest BCUT2D eigenvalue weighted by Crippen LogP contribution is -2.22. The van der Waals surface area contributed by atoms with Gasteiger partial charge in [-0.05, 0) is 24.6 Å². The highest BCUT2D eigenvalue weighted by Crippen LogP contribution is 2.17. The van der Waals surface area contributed by atoms with Gasteiger partial charge in [-0.2, -0.15) is 5.10 Å². The number of rotatable bonds is 6. The molecule has 0 aliphatic heterocycles. The second-order valence-corrected chi connectivity index (χ2v) is 5.23. The monoisotopic (exact) mass is 277 g/mol. The topological polar surface area (TPSA) is 55.6 Å². The molecule has 0 aliphatic rings. The molecule has 20 heavy (non-hydrogen) atoms. The molecule has 0 aliphatic carbocycles. The van der Waals surface area contributed by atoms with Crippen LogP contribution in [0.1, 0.15) is 31.3 Å². The van der Waals surface area contributed by atoms with Crippen LogP contribution in [0, 0.1) is 11.7 Å². The summed E-state index contributed by atoms with van der Waals surface area (Å²) in [4.78, 5) is 8.20. The molecule has 2 heterocycles. The zero-order chi connectivity index (χ0) is 14.5. The van der Waals surface area contributed by atoms with E-state index in [1.54, 1.807) is 12.5 Å². The summed E-state index contributed by atoms with van der Waals surface area (Å²) >= 11 is 0. The minimum atomic E-state index is -0.327. The van der Waals surface area contributed by atoms with Crippen molar-refractivity contribution < 1.29 is 4.39 Å². The SMILES string of the molecule is CNC(Cc1ncnn1CC(C)C)c1cncc(F)c1. The summed E-state index contributed by atoms with van der Waals surface area (Å²) in [7, 11) is 1.85. The summed E-state index contributed by atoms with van der Waals surface area (Å²) in [6.07, 6.45) is 5.09. The minimum Gasteiger partial charge on any atom is -0.313 e. The average Bonchev–Trinajstić information content (AvgIpc) is 2.82. The molecule has 0 bridgehead atoms. The van der Waals surface area contributed by atoms with Crippen molar-refractivity contribution in [3.63, 3.8) is 0 Å². The van der Waals surface area contributed by atoms with Gasteiger partial charge < -0.3 is 5.32 Å². The third kappa shape index (κ3) is 3.60. The lowest BCUT2D eigenvalue weighted by Gasteiger charge is -2.17. The van der Waals surface area contributed by atoms with E-state index in [0.29, 0.717) is 12.3 Å². The van der Waals surface area contributed by atoms with Crippen LogP contribution in [0.2, 0.25) is 0 Å². The lowest BCUT2D eigenvalue weighted by molar-refractivity contribution is 0.451. The van der Waals surface area contributed by atoms with E-state index in [0.717, 1.165) is 17.9 Å². The van der Waals surface area contributed by atoms with Crippen molar-refractivity contribution in [1.29, 1.82) is 0 Å². The van der Waals surface area contributed by atoms with Crippen LogP contribution in [0.4, 0.5) is 4.39 Å². The van der Waals surface area contributed by atoms with Gasteiger partial charge >= 0.3 is 0 Å². The van der Waals surface area contributed by atoms with E-state index in [2.05, 4.69) is 34.2 Å². The smallest absolute Gasteiger partial charge is 0.141 e. The molecule has 0 spiro atoms. The average molecular weight is 277 g/mol. The van der Waals surface area contributed by atoms with Gasteiger partial charge in [0.25, 0.3) is 0 Å². The molecule has 0 saturated carbocycles. The predicted octanol–water partition coefficient (Wildman–Crippen LogP) is 1.97. The molecular formula is C14H20FN5. The molecule has 0 amide bonds. The highest BCUT2D eigenvalue weighted by atomic mass is 19.1. The molecule has 1 N–H and O–H groups in total. The van der Waals surface area contributed by atoms with Crippen LogP contribution >= 0.6 is 0 Å². The number of nitrogens with zero attached hydrogens (tertiary/aromatic N) is 4. The summed E-state index contributed by atoms with van der Waals surface area (Å²) < 4.78 is 15.2. The number of likely N-dealkylation sites (N-methyl/N-ethyl adjacent to an activating group) is 1. The fourth-order valence-electron chi connectivity index (χ4n) is 2.13. The third-order valence-corrected chi connectivity index (χ3v) is 3.10. The Bertz CT molecular complexity index is 552. The van der Waals surface area contributed by atoms with Gasteiger partial charge in [-0.3, -0.25) is 4.98 Å². The van der Waals surface area contributed by atoms with Crippen LogP contribution in [0.3, 0.4) is 0 Å². The summed E-state index contributed by atoms with van der Waals surface area (Å²) in [6.45, 7) is 5.10. The maximum atomic E-state index is 13.3. The van der Waals surface area contributed by atoms with Crippen molar-refractivity contribution in [2.75, 3.05) is 7.05 Å². The van der Waals surface area contributed by atoms with Crippen molar-refractivity contribution in [2.24, 2.45) is 5.92 Å². The van der Waals surface area contributed by atoms with Gasteiger partial charge in [0, 0.05) is 25.2 Å². The predicted molar refractivity (Wildman–Crippen MR) is 74.6 cm³/mol.